The van der Waals surface area contributed by atoms with Gasteiger partial charge in [-0.25, -0.2) is 4.39 Å². The van der Waals surface area contributed by atoms with E-state index in [1.54, 1.807) is 29.6 Å². The summed E-state index contributed by atoms with van der Waals surface area (Å²) in [5, 5.41) is 0. The number of thioether (sulfide) groups is 2. The van der Waals surface area contributed by atoms with Gasteiger partial charge in [0.05, 0.1) is 0 Å². The monoisotopic (exact) mass is 279 g/mol. The van der Waals surface area contributed by atoms with Gasteiger partial charge in [-0.15, -0.1) is 23.5 Å². The van der Waals surface area contributed by atoms with Gasteiger partial charge < -0.3 is 5.73 Å². The third-order valence-electron chi connectivity index (χ3n) is 2.33. The molecule has 94 valence electrons. The van der Waals surface area contributed by atoms with Crippen molar-refractivity contribution in [2.75, 3.05) is 17.2 Å². The van der Waals surface area contributed by atoms with Crippen LogP contribution in [0.25, 0.3) is 0 Å². The molecule has 0 aliphatic carbocycles. The van der Waals surface area contributed by atoms with Gasteiger partial charge in [0.2, 0.25) is 0 Å². The van der Waals surface area contributed by atoms with E-state index in [0.717, 1.165) is 16.4 Å². The summed E-state index contributed by atoms with van der Waals surface area (Å²) in [5.41, 5.74) is 6.43. The maximum Gasteiger partial charge on any atom is 0.124 e. The van der Waals surface area contributed by atoms with E-state index in [1.165, 1.54) is 17.0 Å². The Morgan fingerprint density at radius 1 is 0.944 bits per heavy atom. The molecule has 0 unspecified atom stereocenters. The predicted molar refractivity (Wildman–Crippen MR) is 78.7 cm³/mol. The van der Waals surface area contributed by atoms with Gasteiger partial charge in [0, 0.05) is 27.0 Å². The molecule has 0 bridgehead atoms. The summed E-state index contributed by atoms with van der Waals surface area (Å²) in [6.45, 7) is 0. The summed E-state index contributed by atoms with van der Waals surface area (Å²) in [6.07, 6.45) is 0. The molecule has 0 heterocycles. The van der Waals surface area contributed by atoms with Crippen molar-refractivity contribution in [3.63, 3.8) is 0 Å². The third kappa shape index (κ3) is 3.96. The van der Waals surface area contributed by atoms with Gasteiger partial charge in [-0.05, 0) is 30.3 Å². The number of nitrogen functional groups attached to an aromatic ring is 1. The van der Waals surface area contributed by atoms with Crippen molar-refractivity contribution in [2.24, 2.45) is 0 Å². The largest absolute Gasteiger partial charge is 0.398 e. The molecule has 0 saturated heterocycles. The molecule has 0 aliphatic heterocycles. The van der Waals surface area contributed by atoms with Crippen molar-refractivity contribution in [1.29, 1.82) is 0 Å². The number of benzene rings is 2. The average molecular weight is 279 g/mol. The van der Waals surface area contributed by atoms with Crippen LogP contribution in [-0.2, 0) is 0 Å². The molecule has 0 spiro atoms. The second-order valence-electron chi connectivity index (χ2n) is 3.69. The Morgan fingerprint density at radius 3 is 2.44 bits per heavy atom. The molecule has 0 fully saturated rings. The molecule has 0 amide bonds. The Balaban J connectivity index is 1.80. The molecule has 0 aromatic heterocycles. The van der Waals surface area contributed by atoms with Gasteiger partial charge in [0.15, 0.2) is 0 Å². The highest BCUT2D eigenvalue weighted by Gasteiger charge is 2.02. The van der Waals surface area contributed by atoms with Gasteiger partial charge in [-0.3, -0.25) is 0 Å². The Labute approximate surface area is 115 Å². The van der Waals surface area contributed by atoms with E-state index in [1.807, 2.05) is 18.2 Å². The van der Waals surface area contributed by atoms with Crippen molar-refractivity contribution in [3.8, 4) is 0 Å². The lowest BCUT2D eigenvalue weighted by atomic mass is 10.3. The van der Waals surface area contributed by atoms with E-state index in [9.17, 15) is 4.39 Å². The number of anilines is 1. The lowest BCUT2D eigenvalue weighted by molar-refractivity contribution is 0.624. The first-order chi connectivity index (χ1) is 8.75. The van der Waals surface area contributed by atoms with Crippen LogP contribution in [0.1, 0.15) is 0 Å². The fourth-order valence-corrected chi connectivity index (χ4v) is 3.36. The normalized spacial score (nSPS) is 10.5. The van der Waals surface area contributed by atoms with Crippen LogP contribution in [0.4, 0.5) is 10.1 Å². The van der Waals surface area contributed by atoms with Crippen LogP contribution < -0.4 is 5.73 Å². The Bertz CT molecular complexity index is 502. The minimum atomic E-state index is -0.234. The molecule has 0 saturated carbocycles. The molecule has 1 nitrogen and oxygen atoms in total. The lowest BCUT2D eigenvalue weighted by Gasteiger charge is -2.05. The van der Waals surface area contributed by atoms with Crippen LogP contribution in [-0.4, -0.2) is 11.5 Å². The summed E-state index contributed by atoms with van der Waals surface area (Å²) in [5.74, 6) is 1.65. The maximum absolute atomic E-state index is 13.0. The molecular formula is C14H14FNS2. The van der Waals surface area contributed by atoms with Gasteiger partial charge >= 0.3 is 0 Å². The molecule has 2 aromatic carbocycles. The summed E-state index contributed by atoms with van der Waals surface area (Å²) in [7, 11) is 0. The van der Waals surface area contributed by atoms with Crippen molar-refractivity contribution >= 4 is 29.2 Å². The van der Waals surface area contributed by atoms with Crippen LogP contribution in [0.3, 0.4) is 0 Å². The van der Waals surface area contributed by atoms with E-state index in [-0.39, 0.29) is 5.82 Å². The summed E-state index contributed by atoms with van der Waals surface area (Å²) in [4.78, 5) is 2.08. The van der Waals surface area contributed by atoms with Gasteiger partial charge in [0.25, 0.3) is 0 Å². The van der Waals surface area contributed by atoms with Crippen LogP contribution in [0.2, 0.25) is 0 Å². The van der Waals surface area contributed by atoms with Crippen molar-refractivity contribution in [2.45, 2.75) is 9.79 Å². The standard InChI is InChI=1S/C14H14FNS2/c15-11-6-7-13(16)14(10-11)18-9-8-17-12-4-2-1-3-5-12/h1-7,10H,8-9,16H2. The molecular weight excluding hydrogens is 265 g/mol. The van der Waals surface area contributed by atoms with Crippen LogP contribution in [0.15, 0.2) is 58.3 Å². The summed E-state index contributed by atoms with van der Waals surface area (Å²) < 4.78 is 13.0. The highest BCUT2D eigenvalue weighted by Crippen LogP contribution is 2.27. The smallest absolute Gasteiger partial charge is 0.124 e. The zero-order valence-corrected chi connectivity index (χ0v) is 11.4. The molecule has 2 aromatic rings. The Morgan fingerprint density at radius 2 is 1.67 bits per heavy atom. The molecule has 18 heavy (non-hydrogen) atoms. The van der Waals surface area contributed by atoms with Crippen LogP contribution in [0.5, 0.6) is 0 Å². The van der Waals surface area contributed by atoms with E-state index in [0.29, 0.717) is 5.69 Å². The maximum atomic E-state index is 13.0. The first kappa shape index (κ1) is 13.3. The molecule has 2 rings (SSSR count). The quantitative estimate of drug-likeness (QED) is 0.502. The van der Waals surface area contributed by atoms with E-state index in [4.69, 9.17) is 5.73 Å². The number of hydrogen-bond acceptors (Lipinski definition) is 3. The number of rotatable bonds is 5. The molecule has 4 heteroatoms. The van der Waals surface area contributed by atoms with Gasteiger partial charge in [-0.2, -0.15) is 0 Å². The van der Waals surface area contributed by atoms with E-state index < -0.39 is 0 Å². The van der Waals surface area contributed by atoms with Crippen LogP contribution in [0, 0.1) is 5.82 Å². The number of halogens is 1. The second-order valence-corrected chi connectivity index (χ2v) is 6.00. The fraction of sp³-hybridized carbons (Fsp3) is 0.143. The average Bonchev–Trinajstić information content (AvgIpc) is 2.40. The fourth-order valence-electron chi connectivity index (χ4n) is 1.46. The lowest BCUT2D eigenvalue weighted by Crippen LogP contribution is -1.91. The Kier molecular flexibility index (Phi) is 4.96. The van der Waals surface area contributed by atoms with Gasteiger partial charge in [-0.1, -0.05) is 18.2 Å². The number of nitrogens with two attached hydrogens (primary N) is 1. The molecule has 0 aliphatic rings. The minimum Gasteiger partial charge on any atom is -0.398 e. The highest BCUT2D eigenvalue weighted by atomic mass is 32.2. The molecule has 2 N–H and O–H groups in total. The van der Waals surface area contributed by atoms with E-state index in [2.05, 4.69) is 12.1 Å². The van der Waals surface area contributed by atoms with Gasteiger partial charge in [0.1, 0.15) is 5.82 Å². The molecule has 0 atom stereocenters. The third-order valence-corrected chi connectivity index (χ3v) is 4.67. The number of hydrogen-bond donors (Lipinski definition) is 1. The highest BCUT2D eigenvalue weighted by molar-refractivity contribution is 8.03. The first-order valence-corrected chi connectivity index (χ1v) is 7.58. The van der Waals surface area contributed by atoms with Crippen molar-refractivity contribution in [3.05, 3.63) is 54.3 Å². The zero-order valence-electron chi connectivity index (χ0n) is 9.80. The zero-order chi connectivity index (χ0) is 12.8. The van der Waals surface area contributed by atoms with E-state index >= 15 is 0 Å². The first-order valence-electron chi connectivity index (χ1n) is 5.61. The van der Waals surface area contributed by atoms with Crippen LogP contribution >= 0.6 is 23.5 Å². The Hall–Kier alpha value is -1.13. The second kappa shape index (κ2) is 6.71. The topological polar surface area (TPSA) is 26.0 Å². The predicted octanol–water partition coefficient (Wildman–Crippen LogP) is 4.29. The minimum absolute atomic E-state index is 0.234. The van der Waals surface area contributed by atoms with Crippen molar-refractivity contribution in [1.82, 2.24) is 0 Å². The van der Waals surface area contributed by atoms with Crippen molar-refractivity contribution < 1.29 is 4.39 Å². The summed E-state index contributed by atoms with van der Waals surface area (Å²) in [6, 6.07) is 14.7. The molecule has 0 radical (unpaired) electrons. The summed E-state index contributed by atoms with van der Waals surface area (Å²) >= 11 is 3.39. The SMILES string of the molecule is Nc1ccc(F)cc1SCCSc1ccccc1.